The van der Waals surface area contributed by atoms with E-state index in [2.05, 4.69) is 5.32 Å². The molecule has 1 N–H and O–H groups in total. The van der Waals surface area contributed by atoms with Crippen molar-refractivity contribution in [2.75, 3.05) is 11.9 Å². The van der Waals surface area contributed by atoms with Gasteiger partial charge in [-0.3, -0.25) is 4.79 Å². The Bertz CT molecular complexity index is 923. The van der Waals surface area contributed by atoms with E-state index in [4.69, 9.17) is 11.6 Å². The van der Waals surface area contributed by atoms with Gasteiger partial charge in [0.25, 0.3) is 5.91 Å². The molecule has 2 aromatic rings. The molecule has 0 unspecified atom stereocenters. The maximum absolute atomic E-state index is 13.1. The summed E-state index contributed by atoms with van der Waals surface area (Å²) in [6.45, 7) is 2.32. The van der Waals surface area contributed by atoms with E-state index in [1.165, 1.54) is 30.7 Å². The number of sulfonamides is 1. The van der Waals surface area contributed by atoms with Crippen LogP contribution in [-0.2, 0) is 10.0 Å². The van der Waals surface area contributed by atoms with Gasteiger partial charge in [-0.25, -0.2) is 8.42 Å². The van der Waals surface area contributed by atoms with Crippen LogP contribution in [0.25, 0.3) is 0 Å². The second kappa shape index (κ2) is 9.07. The van der Waals surface area contributed by atoms with Crippen LogP contribution in [0.15, 0.2) is 53.4 Å². The molecule has 150 valence electrons. The van der Waals surface area contributed by atoms with Crippen molar-refractivity contribution in [3.63, 3.8) is 0 Å². The Hall–Kier alpha value is -1.89. The van der Waals surface area contributed by atoms with Crippen molar-refractivity contribution in [1.82, 2.24) is 4.31 Å². The highest BCUT2D eigenvalue weighted by atomic mass is 35.5. The lowest BCUT2D eigenvalue weighted by Crippen LogP contribution is -2.41. The summed E-state index contributed by atoms with van der Waals surface area (Å²) in [6, 6.07) is 13.1. The lowest BCUT2D eigenvalue weighted by atomic mass is 9.95. The molecule has 0 atom stereocenters. The van der Waals surface area contributed by atoms with Crippen LogP contribution in [0.1, 0.15) is 49.4 Å². The second-order valence-corrected chi connectivity index (χ2v) is 9.26. The molecule has 1 fully saturated rings. The summed E-state index contributed by atoms with van der Waals surface area (Å²) in [7, 11) is -3.58. The van der Waals surface area contributed by atoms with E-state index >= 15 is 0 Å². The summed E-state index contributed by atoms with van der Waals surface area (Å²) in [5, 5.41) is 3.19. The van der Waals surface area contributed by atoms with Crippen LogP contribution in [0.2, 0.25) is 5.02 Å². The molecular formula is C21H25ClN2O3S. The van der Waals surface area contributed by atoms with E-state index in [-0.39, 0.29) is 16.8 Å². The fourth-order valence-corrected chi connectivity index (χ4v) is 5.54. The van der Waals surface area contributed by atoms with E-state index in [9.17, 15) is 13.2 Å². The number of nitrogens with one attached hydrogen (secondary N) is 1. The molecule has 0 heterocycles. The van der Waals surface area contributed by atoms with Crippen LogP contribution >= 0.6 is 11.6 Å². The van der Waals surface area contributed by atoms with Gasteiger partial charge in [-0.15, -0.1) is 0 Å². The first-order chi connectivity index (χ1) is 13.4. The molecule has 3 rings (SSSR count). The fraction of sp³-hybridized carbons (Fsp3) is 0.381. The number of amides is 1. The van der Waals surface area contributed by atoms with Crippen molar-refractivity contribution in [1.29, 1.82) is 0 Å². The summed E-state index contributed by atoms with van der Waals surface area (Å²) < 4.78 is 27.8. The zero-order valence-corrected chi connectivity index (χ0v) is 17.5. The Morgan fingerprint density at radius 3 is 2.32 bits per heavy atom. The van der Waals surface area contributed by atoms with Crippen molar-refractivity contribution in [3.05, 3.63) is 59.1 Å². The number of anilines is 1. The number of rotatable bonds is 6. The molecule has 5 nitrogen and oxygen atoms in total. The predicted octanol–water partition coefficient (Wildman–Crippen LogP) is 4.94. The van der Waals surface area contributed by atoms with Gasteiger partial charge in [0.2, 0.25) is 10.0 Å². The van der Waals surface area contributed by atoms with Gasteiger partial charge < -0.3 is 5.32 Å². The average Bonchev–Trinajstić information content (AvgIpc) is 2.71. The Labute approximate surface area is 171 Å². The first-order valence-electron chi connectivity index (χ1n) is 9.61. The monoisotopic (exact) mass is 420 g/mol. The van der Waals surface area contributed by atoms with Crippen LogP contribution in [-0.4, -0.2) is 31.2 Å². The Kier molecular flexibility index (Phi) is 6.75. The van der Waals surface area contributed by atoms with Crippen molar-refractivity contribution in [2.24, 2.45) is 0 Å². The average molecular weight is 421 g/mol. The number of para-hydroxylation sites is 1. The van der Waals surface area contributed by atoms with Crippen LogP contribution in [0, 0.1) is 0 Å². The SMILES string of the molecule is CCN(C1CCCCC1)S(=O)(=O)c1ccc(C(=O)Nc2ccccc2Cl)cc1. The van der Waals surface area contributed by atoms with Gasteiger partial charge in [0.1, 0.15) is 0 Å². The van der Waals surface area contributed by atoms with E-state index in [1.807, 2.05) is 6.92 Å². The molecular weight excluding hydrogens is 396 g/mol. The highest BCUT2D eigenvalue weighted by molar-refractivity contribution is 7.89. The molecule has 1 amide bonds. The third-order valence-corrected chi connectivity index (χ3v) is 7.51. The lowest BCUT2D eigenvalue weighted by Gasteiger charge is -2.32. The molecule has 0 aliphatic heterocycles. The van der Waals surface area contributed by atoms with Gasteiger partial charge in [-0.2, -0.15) is 4.31 Å². The molecule has 1 aliphatic rings. The summed E-state index contributed by atoms with van der Waals surface area (Å²) in [6.07, 6.45) is 5.12. The topological polar surface area (TPSA) is 66.5 Å². The van der Waals surface area contributed by atoms with Crippen LogP contribution in [0.4, 0.5) is 5.69 Å². The molecule has 1 saturated carbocycles. The first kappa shape index (κ1) is 20.8. The van der Waals surface area contributed by atoms with E-state index < -0.39 is 10.0 Å². The largest absolute Gasteiger partial charge is 0.321 e. The van der Waals surface area contributed by atoms with Crippen LogP contribution in [0.3, 0.4) is 0 Å². The predicted molar refractivity (Wildman–Crippen MR) is 112 cm³/mol. The van der Waals surface area contributed by atoms with E-state index in [1.54, 1.807) is 28.6 Å². The van der Waals surface area contributed by atoms with Gasteiger partial charge in [-0.05, 0) is 49.2 Å². The van der Waals surface area contributed by atoms with Crippen molar-refractivity contribution in [2.45, 2.75) is 50.0 Å². The van der Waals surface area contributed by atoms with E-state index in [0.717, 1.165) is 25.7 Å². The highest BCUT2D eigenvalue weighted by Crippen LogP contribution is 2.28. The van der Waals surface area contributed by atoms with Crippen molar-refractivity contribution in [3.8, 4) is 0 Å². The van der Waals surface area contributed by atoms with Gasteiger partial charge >= 0.3 is 0 Å². The maximum Gasteiger partial charge on any atom is 0.255 e. The van der Waals surface area contributed by atoms with Gasteiger partial charge in [-0.1, -0.05) is 49.9 Å². The highest BCUT2D eigenvalue weighted by Gasteiger charge is 2.31. The van der Waals surface area contributed by atoms with Gasteiger partial charge in [0, 0.05) is 18.2 Å². The fourth-order valence-electron chi connectivity index (χ4n) is 3.66. The third kappa shape index (κ3) is 4.57. The molecule has 7 heteroatoms. The first-order valence-corrected chi connectivity index (χ1v) is 11.4. The number of halogens is 1. The molecule has 0 saturated heterocycles. The standard InChI is InChI=1S/C21H25ClN2O3S/c1-2-24(17-8-4-3-5-9-17)28(26,27)18-14-12-16(13-15-18)21(25)23-20-11-7-6-10-19(20)22/h6-7,10-15,17H,2-5,8-9H2,1H3,(H,23,25). The molecule has 0 aromatic heterocycles. The number of hydrogen-bond donors (Lipinski definition) is 1. The van der Waals surface area contributed by atoms with Crippen molar-refractivity contribution >= 4 is 33.2 Å². The maximum atomic E-state index is 13.1. The van der Waals surface area contributed by atoms with Gasteiger partial charge in [0.05, 0.1) is 15.6 Å². The number of carbonyl (C=O) groups excluding carboxylic acids is 1. The smallest absolute Gasteiger partial charge is 0.255 e. The zero-order chi connectivity index (χ0) is 20.1. The quantitative estimate of drug-likeness (QED) is 0.720. The summed E-state index contributed by atoms with van der Waals surface area (Å²) >= 11 is 6.07. The van der Waals surface area contributed by atoms with Gasteiger partial charge in [0.15, 0.2) is 0 Å². The molecule has 2 aromatic carbocycles. The number of hydrogen-bond acceptors (Lipinski definition) is 3. The zero-order valence-electron chi connectivity index (χ0n) is 15.9. The molecule has 1 aliphatic carbocycles. The third-order valence-electron chi connectivity index (χ3n) is 5.14. The van der Waals surface area contributed by atoms with Crippen LogP contribution in [0.5, 0.6) is 0 Å². The Morgan fingerprint density at radius 1 is 1.07 bits per heavy atom. The number of carbonyl (C=O) groups is 1. The molecule has 0 spiro atoms. The summed E-state index contributed by atoms with van der Waals surface area (Å²) in [5.74, 6) is -0.336. The Balaban J connectivity index is 1.77. The number of nitrogens with zero attached hydrogens (tertiary/aromatic N) is 1. The van der Waals surface area contributed by atoms with E-state index in [0.29, 0.717) is 22.8 Å². The molecule has 28 heavy (non-hydrogen) atoms. The Morgan fingerprint density at radius 2 is 1.71 bits per heavy atom. The summed E-state index contributed by atoms with van der Waals surface area (Å²) in [4.78, 5) is 12.7. The number of benzene rings is 2. The minimum atomic E-state index is -3.58. The van der Waals surface area contributed by atoms with Crippen molar-refractivity contribution < 1.29 is 13.2 Å². The normalized spacial score (nSPS) is 15.5. The minimum absolute atomic E-state index is 0.0620. The lowest BCUT2D eigenvalue weighted by molar-refractivity contribution is 0.102. The molecule has 0 bridgehead atoms. The molecule has 0 radical (unpaired) electrons. The second-order valence-electron chi connectivity index (χ2n) is 6.96. The van der Waals surface area contributed by atoms with Crippen LogP contribution < -0.4 is 5.32 Å². The summed E-state index contributed by atoms with van der Waals surface area (Å²) in [5.41, 5.74) is 0.889. The minimum Gasteiger partial charge on any atom is -0.321 e.